The Hall–Kier alpha value is -1.22. The fourth-order valence-corrected chi connectivity index (χ4v) is 2.86. The number of hydrogen-bond donors (Lipinski definition) is 0. The third kappa shape index (κ3) is 2.00. The minimum Gasteiger partial charge on any atom is -0.262 e. The molecule has 0 radical (unpaired) electrons. The predicted molar refractivity (Wildman–Crippen MR) is 70.5 cm³/mol. The highest BCUT2D eigenvalue weighted by Crippen LogP contribution is 2.31. The van der Waals surface area contributed by atoms with E-state index in [2.05, 4.69) is 36.8 Å². The van der Waals surface area contributed by atoms with Crippen molar-refractivity contribution >= 4 is 27.1 Å². The molecule has 0 aliphatic heterocycles. The van der Waals surface area contributed by atoms with Crippen LogP contribution in [0.2, 0.25) is 0 Å². The van der Waals surface area contributed by atoms with Crippen molar-refractivity contribution in [2.45, 2.75) is 27.2 Å². The van der Waals surface area contributed by atoms with E-state index in [9.17, 15) is 0 Å². The molecule has 0 bridgehead atoms. The molecule has 2 rings (SSSR count). The van der Waals surface area contributed by atoms with Gasteiger partial charge < -0.3 is 0 Å². The first-order valence-electron chi connectivity index (χ1n) is 5.63. The Balaban J connectivity index is 2.46. The second-order valence-electron chi connectivity index (χ2n) is 3.92. The van der Waals surface area contributed by atoms with Crippen molar-refractivity contribution in [3.05, 3.63) is 29.5 Å². The van der Waals surface area contributed by atoms with Gasteiger partial charge in [0, 0.05) is 6.20 Å². The van der Waals surface area contributed by atoms with Crippen molar-refractivity contribution in [1.82, 2.24) is 9.97 Å². The molecule has 0 saturated carbocycles. The summed E-state index contributed by atoms with van der Waals surface area (Å²) in [6, 6.07) is 2.03. The quantitative estimate of drug-likeness (QED) is 0.794. The van der Waals surface area contributed by atoms with Crippen LogP contribution in [0.15, 0.2) is 24.5 Å². The number of thiazole rings is 1. The number of nitrogens with zero attached hydrogens (tertiary/aromatic N) is 2. The molecular weight excluding hydrogens is 216 g/mol. The molecule has 1 atom stereocenters. The second kappa shape index (κ2) is 4.74. The summed E-state index contributed by atoms with van der Waals surface area (Å²) in [6.45, 7) is 6.55. The average molecular weight is 232 g/mol. The average Bonchev–Trinajstić information content (AvgIpc) is 2.72. The van der Waals surface area contributed by atoms with Crippen LogP contribution in [0.3, 0.4) is 0 Å². The van der Waals surface area contributed by atoms with E-state index in [-0.39, 0.29) is 0 Å². The summed E-state index contributed by atoms with van der Waals surface area (Å²) >= 11 is 1.75. The van der Waals surface area contributed by atoms with Gasteiger partial charge in [-0.2, -0.15) is 0 Å². The van der Waals surface area contributed by atoms with Gasteiger partial charge in [0.2, 0.25) is 0 Å². The third-order valence-electron chi connectivity index (χ3n) is 2.89. The predicted octanol–water partition coefficient (Wildman–Crippen LogP) is 4.14. The van der Waals surface area contributed by atoms with Gasteiger partial charge in [-0.25, -0.2) is 4.98 Å². The fraction of sp³-hybridized carbons (Fsp3) is 0.385. The lowest BCUT2D eigenvalue weighted by atomic mass is 9.99. The molecule has 2 heterocycles. The van der Waals surface area contributed by atoms with Crippen LogP contribution in [0.1, 0.15) is 32.2 Å². The van der Waals surface area contributed by atoms with Crippen molar-refractivity contribution in [3.8, 4) is 0 Å². The van der Waals surface area contributed by atoms with Crippen molar-refractivity contribution in [2.24, 2.45) is 5.92 Å². The molecule has 2 nitrogen and oxygen atoms in total. The van der Waals surface area contributed by atoms with Gasteiger partial charge in [-0.1, -0.05) is 19.9 Å². The van der Waals surface area contributed by atoms with Crippen LogP contribution < -0.4 is 0 Å². The molecule has 1 unspecified atom stereocenters. The lowest BCUT2D eigenvalue weighted by Gasteiger charge is -2.10. The molecule has 84 valence electrons. The van der Waals surface area contributed by atoms with Crippen LogP contribution in [-0.4, -0.2) is 9.97 Å². The summed E-state index contributed by atoms with van der Waals surface area (Å²) in [5, 5.41) is 1.14. The standard InChI is InChI=1S/C13H16N2S/c1-4-9(3)10(5-2)13-15-11-8-14-7-6-12(11)16-13/h5-9H,4H2,1-3H3/b10-5+. The summed E-state index contributed by atoms with van der Waals surface area (Å²) < 4.78 is 1.22. The van der Waals surface area contributed by atoms with Crippen molar-refractivity contribution < 1.29 is 0 Å². The number of allylic oxidation sites excluding steroid dienone is 2. The summed E-state index contributed by atoms with van der Waals surface area (Å²) in [5.41, 5.74) is 2.36. The Bertz CT molecular complexity index is 480. The number of pyridine rings is 1. The molecule has 0 aliphatic carbocycles. The number of fused-ring (bicyclic) bond motifs is 1. The van der Waals surface area contributed by atoms with Crippen LogP contribution >= 0.6 is 11.3 Å². The fourth-order valence-electron chi connectivity index (χ4n) is 1.74. The highest BCUT2D eigenvalue weighted by atomic mass is 32.1. The molecule has 0 aromatic carbocycles. The number of aromatic nitrogens is 2. The molecule has 16 heavy (non-hydrogen) atoms. The van der Waals surface area contributed by atoms with E-state index in [0.29, 0.717) is 5.92 Å². The normalized spacial score (nSPS) is 14.3. The Labute approximate surface area is 100 Å². The van der Waals surface area contributed by atoms with Gasteiger partial charge in [0.05, 0.1) is 10.9 Å². The molecule has 0 fully saturated rings. The van der Waals surface area contributed by atoms with Crippen molar-refractivity contribution in [1.29, 1.82) is 0 Å². The Morgan fingerprint density at radius 2 is 2.38 bits per heavy atom. The highest BCUT2D eigenvalue weighted by Gasteiger charge is 2.12. The smallest absolute Gasteiger partial charge is 0.120 e. The van der Waals surface area contributed by atoms with E-state index in [4.69, 9.17) is 0 Å². The van der Waals surface area contributed by atoms with Crippen molar-refractivity contribution in [2.75, 3.05) is 0 Å². The molecule has 0 amide bonds. The minimum atomic E-state index is 0.568. The summed E-state index contributed by atoms with van der Waals surface area (Å²) in [5.74, 6) is 0.568. The first-order chi connectivity index (χ1) is 7.76. The Morgan fingerprint density at radius 3 is 3.00 bits per heavy atom. The monoisotopic (exact) mass is 232 g/mol. The summed E-state index contributed by atoms with van der Waals surface area (Å²) in [4.78, 5) is 8.74. The van der Waals surface area contributed by atoms with Gasteiger partial charge in [-0.15, -0.1) is 11.3 Å². The molecule has 0 spiro atoms. The Kier molecular flexibility index (Phi) is 3.34. The van der Waals surface area contributed by atoms with Crippen LogP contribution in [0.25, 0.3) is 15.8 Å². The Morgan fingerprint density at radius 1 is 1.56 bits per heavy atom. The van der Waals surface area contributed by atoms with Gasteiger partial charge >= 0.3 is 0 Å². The van der Waals surface area contributed by atoms with E-state index in [1.807, 2.05) is 18.5 Å². The molecule has 2 aromatic heterocycles. The first kappa shape index (κ1) is 11.3. The largest absolute Gasteiger partial charge is 0.262 e. The molecule has 0 aliphatic rings. The molecule has 0 saturated heterocycles. The summed E-state index contributed by atoms with van der Waals surface area (Å²) in [7, 11) is 0. The van der Waals surface area contributed by atoms with E-state index >= 15 is 0 Å². The van der Waals surface area contributed by atoms with Gasteiger partial charge in [0.25, 0.3) is 0 Å². The van der Waals surface area contributed by atoms with Gasteiger partial charge in [-0.05, 0) is 30.9 Å². The zero-order valence-corrected chi connectivity index (χ0v) is 10.7. The van der Waals surface area contributed by atoms with Gasteiger partial charge in [-0.3, -0.25) is 4.98 Å². The number of rotatable bonds is 3. The third-order valence-corrected chi connectivity index (χ3v) is 3.98. The topological polar surface area (TPSA) is 25.8 Å². The van der Waals surface area contributed by atoms with Gasteiger partial charge in [0.1, 0.15) is 10.5 Å². The van der Waals surface area contributed by atoms with Crippen LogP contribution in [0.4, 0.5) is 0 Å². The van der Waals surface area contributed by atoms with Crippen LogP contribution in [0.5, 0.6) is 0 Å². The summed E-state index contributed by atoms with van der Waals surface area (Å²) in [6.07, 6.45) is 6.98. The van der Waals surface area contributed by atoms with Crippen LogP contribution in [0, 0.1) is 5.92 Å². The van der Waals surface area contributed by atoms with Crippen LogP contribution in [-0.2, 0) is 0 Å². The lowest BCUT2D eigenvalue weighted by molar-refractivity contribution is 0.716. The zero-order chi connectivity index (χ0) is 11.5. The van der Waals surface area contributed by atoms with E-state index in [0.717, 1.165) is 16.9 Å². The maximum atomic E-state index is 4.64. The second-order valence-corrected chi connectivity index (χ2v) is 4.95. The number of hydrogen-bond acceptors (Lipinski definition) is 3. The minimum absolute atomic E-state index is 0.568. The molecule has 3 heteroatoms. The van der Waals surface area contributed by atoms with Gasteiger partial charge in [0.15, 0.2) is 0 Å². The lowest BCUT2D eigenvalue weighted by Crippen LogP contribution is -1.96. The zero-order valence-electron chi connectivity index (χ0n) is 9.90. The van der Waals surface area contributed by atoms with E-state index in [1.165, 1.54) is 10.3 Å². The van der Waals surface area contributed by atoms with E-state index in [1.54, 1.807) is 11.3 Å². The highest BCUT2D eigenvalue weighted by molar-refractivity contribution is 7.19. The SMILES string of the molecule is C/C=C(/c1nc2cnccc2s1)C(C)CC. The maximum Gasteiger partial charge on any atom is 0.120 e. The molecular formula is C13H16N2S. The van der Waals surface area contributed by atoms with E-state index < -0.39 is 0 Å². The molecule has 0 N–H and O–H groups in total. The molecule has 2 aromatic rings. The first-order valence-corrected chi connectivity index (χ1v) is 6.45. The maximum absolute atomic E-state index is 4.64. The van der Waals surface area contributed by atoms with Crippen molar-refractivity contribution in [3.63, 3.8) is 0 Å².